The molecule has 170 valence electrons. The average Bonchev–Trinajstić information content (AvgIpc) is 2.88. The number of pyridine rings is 1. The third kappa shape index (κ3) is 6.21. The van der Waals surface area contributed by atoms with Crippen molar-refractivity contribution in [2.75, 3.05) is 11.5 Å². The quantitative estimate of drug-likeness (QED) is 0.309. The van der Waals surface area contributed by atoms with Gasteiger partial charge in [-0.2, -0.15) is 5.26 Å². The minimum atomic E-state index is -1.18. The Morgan fingerprint density at radius 1 is 0.912 bits per heavy atom. The molecule has 0 bridgehead atoms. The van der Waals surface area contributed by atoms with Gasteiger partial charge in [0.05, 0.1) is 23.1 Å². The summed E-state index contributed by atoms with van der Waals surface area (Å²) in [5, 5.41) is 21.1. The Balaban J connectivity index is 1.56. The molecule has 3 aromatic carbocycles. The number of hydrogen-bond acceptors (Lipinski definition) is 5. The summed E-state index contributed by atoms with van der Waals surface area (Å²) < 4.78 is 12.5. The van der Waals surface area contributed by atoms with Crippen molar-refractivity contribution in [1.82, 2.24) is 4.98 Å². The van der Waals surface area contributed by atoms with Crippen LogP contribution < -0.4 is 0 Å². The Hall–Kier alpha value is -3.24. The zero-order valence-corrected chi connectivity index (χ0v) is 20.1. The Kier molecular flexibility index (Phi) is 8.26. The zero-order valence-electron chi connectivity index (χ0n) is 18.5. The molecule has 6 heteroatoms. The van der Waals surface area contributed by atoms with Gasteiger partial charge < -0.3 is 5.11 Å². The van der Waals surface area contributed by atoms with E-state index >= 15 is 0 Å². The first-order chi connectivity index (χ1) is 16.6. The first-order valence-electron chi connectivity index (χ1n) is 10.9. The molecule has 34 heavy (non-hydrogen) atoms. The lowest BCUT2D eigenvalue weighted by Gasteiger charge is -2.14. The number of aromatic nitrogens is 1. The molecule has 1 aromatic heterocycles. The van der Waals surface area contributed by atoms with Crippen LogP contribution in [-0.4, -0.2) is 31.9 Å². The van der Waals surface area contributed by atoms with Crippen LogP contribution in [-0.2, 0) is 16.6 Å². The molecule has 0 unspecified atom stereocenters. The molecule has 0 saturated heterocycles. The third-order valence-corrected chi connectivity index (χ3v) is 7.75. The van der Waals surface area contributed by atoms with Crippen LogP contribution in [0.5, 0.6) is 0 Å². The van der Waals surface area contributed by atoms with Crippen LogP contribution >= 0.6 is 11.8 Å². The van der Waals surface area contributed by atoms with Crippen LogP contribution in [0.4, 0.5) is 0 Å². The summed E-state index contributed by atoms with van der Waals surface area (Å²) in [5.74, 6) is 0.883. The fourth-order valence-electron chi connectivity index (χ4n) is 3.59. The summed E-state index contributed by atoms with van der Waals surface area (Å²) in [6, 6.07) is 33.5. The Bertz CT molecular complexity index is 1290. The summed E-state index contributed by atoms with van der Waals surface area (Å²) in [4.78, 5) is 4.77. The lowest BCUT2D eigenvalue weighted by molar-refractivity contribution is 0.224. The molecule has 0 amide bonds. The molecule has 0 spiro atoms. The number of nitriles is 1. The second kappa shape index (κ2) is 11.8. The summed E-state index contributed by atoms with van der Waals surface area (Å²) in [5.41, 5.74) is 4.93. The van der Waals surface area contributed by atoms with Gasteiger partial charge in [0.25, 0.3) is 0 Å². The van der Waals surface area contributed by atoms with Crippen molar-refractivity contribution < 1.29 is 9.32 Å². The first kappa shape index (κ1) is 23.9. The van der Waals surface area contributed by atoms with E-state index in [2.05, 4.69) is 6.07 Å². The highest BCUT2D eigenvalue weighted by atomic mass is 32.2. The fraction of sp³-hybridized carbons (Fsp3) is 0.143. The van der Waals surface area contributed by atoms with E-state index in [-0.39, 0.29) is 5.75 Å². The van der Waals surface area contributed by atoms with Gasteiger partial charge in [-0.1, -0.05) is 91.0 Å². The van der Waals surface area contributed by atoms with Gasteiger partial charge in [0.2, 0.25) is 0 Å². The Labute approximate surface area is 206 Å². The molecule has 0 aliphatic heterocycles. The number of thioether (sulfide) groups is 1. The maximum Gasteiger partial charge on any atom is 0.115 e. The predicted octanol–water partition coefficient (Wildman–Crippen LogP) is 5.69. The highest BCUT2D eigenvalue weighted by molar-refractivity contribution is 7.99. The third-order valence-electron chi connectivity index (χ3n) is 5.21. The lowest BCUT2D eigenvalue weighted by atomic mass is 9.99. The molecule has 1 N–H and O–H groups in total. The van der Waals surface area contributed by atoms with E-state index in [1.54, 1.807) is 0 Å². The van der Waals surface area contributed by atoms with Crippen LogP contribution in [0.2, 0.25) is 0 Å². The van der Waals surface area contributed by atoms with Gasteiger partial charge in [-0.3, -0.25) is 4.21 Å². The molecule has 2 atom stereocenters. The molecule has 0 aliphatic rings. The van der Waals surface area contributed by atoms with E-state index in [0.29, 0.717) is 22.1 Å². The van der Waals surface area contributed by atoms with Gasteiger partial charge >= 0.3 is 0 Å². The standard InChI is InChI=1S/C28H24N2O2S2/c29-17-26-25(22-12-6-2-7-13-22)16-27(23-14-8-3-9-15-23)30-28(26)33-18-24(31)20-34(32)19-21-10-4-1-5-11-21/h1-16,24,31H,18-20H2/t24-,34-/m1/s1. The van der Waals surface area contributed by atoms with E-state index in [1.807, 2.05) is 97.1 Å². The molecule has 4 nitrogen and oxygen atoms in total. The minimum Gasteiger partial charge on any atom is -0.391 e. The molecule has 4 rings (SSSR count). The van der Waals surface area contributed by atoms with E-state index in [0.717, 1.165) is 27.9 Å². The van der Waals surface area contributed by atoms with E-state index in [9.17, 15) is 14.6 Å². The van der Waals surface area contributed by atoms with E-state index < -0.39 is 16.9 Å². The highest BCUT2D eigenvalue weighted by Crippen LogP contribution is 2.34. The van der Waals surface area contributed by atoms with Crippen molar-refractivity contribution in [3.8, 4) is 28.5 Å². The summed E-state index contributed by atoms with van der Waals surface area (Å²) in [6.07, 6.45) is -0.775. The topological polar surface area (TPSA) is 74.0 Å². The largest absolute Gasteiger partial charge is 0.391 e. The predicted molar refractivity (Wildman–Crippen MR) is 140 cm³/mol. The van der Waals surface area contributed by atoms with Gasteiger partial charge in [-0.15, -0.1) is 11.8 Å². The van der Waals surface area contributed by atoms with Gasteiger partial charge in [-0.05, 0) is 17.2 Å². The average molecular weight is 485 g/mol. The van der Waals surface area contributed by atoms with Crippen molar-refractivity contribution in [3.05, 3.63) is 108 Å². The van der Waals surface area contributed by atoms with E-state index in [1.165, 1.54) is 11.8 Å². The smallest absolute Gasteiger partial charge is 0.115 e. The van der Waals surface area contributed by atoms with Gasteiger partial charge in [0.15, 0.2) is 0 Å². The molecule has 0 saturated carbocycles. The monoisotopic (exact) mass is 484 g/mol. The summed E-state index contributed by atoms with van der Waals surface area (Å²) >= 11 is 1.33. The van der Waals surface area contributed by atoms with Crippen molar-refractivity contribution in [3.63, 3.8) is 0 Å². The molecule has 1 heterocycles. The zero-order chi connectivity index (χ0) is 23.8. The molecular formula is C28H24N2O2S2. The maximum atomic E-state index is 12.5. The minimum absolute atomic E-state index is 0.174. The van der Waals surface area contributed by atoms with Crippen molar-refractivity contribution in [2.45, 2.75) is 16.9 Å². The summed E-state index contributed by atoms with van der Waals surface area (Å²) in [6.45, 7) is 0. The van der Waals surface area contributed by atoms with Crippen LogP contribution in [0.25, 0.3) is 22.4 Å². The van der Waals surface area contributed by atoms with E-state index in [4.69, 9.17) is 4.98 Å². The van der Waals surface area contributed by atoms with Crippen molar-refractivity contribution in [2.24, 2.45) is 0 Å². The first-order valence-corrected chi connectivity index (χ1v) is 13.4. The Morgan fingerprint density at radius 2 is 1.50 bits per heavy atom. The maximum absolute atomic E-state index is 12.5. The Morgan fingerprint density at radius 3 is 2.12 bits per heavy atom. The lowest BCUT2D eigenvalue weighted by Crippen LogP contribution is -2.20. The highest BCUT2D eigenvalue weighted by Gasteiger charge is 2.18. The number of rotatable bonds is 9. The number of hydrogen-bond donors (Lipinski definition) is 1. The second-order valence-electron chi connectivity index (χ2n) is 7.78. The number of benzene rings is 3. The van der Waals surface area contributed by atoms with Crippen LogP contribution in [0.15, 0.2) is 102 Å². The van der Waals surface area contributed by atoms with Crippen LogP contribution in [0, 0.1) is 11.3 Å². The van der Waals surface area contributed by atoms with Gasteiger partial charge in [-0.25, -0.2) is 4.98 Å². The molecule has 0 fully saturated rings. The second-order valence-corrected chi connectivity index (χ2v) is 10.3. The molecular weight excluding hydrogens is 460 g/mol. The van der Waals surface area contributed by atoms with Crippen molar-refractivity contribution in [1.29, 1.82) is 5.26 Å². The number of nitrogens with zero attached hydrogens (tertiary/aromatic N) is 2. The normalized spacial score (nSPS) is 12.6. The summed E-state index contributed by atoms with van der Waals surface area (Å²) in [7, 11) is -1.18. The fourth-order valence-corrected chi connectivity index (χ4v) is 5.90. The van der Waals surface area contributed by atoms with Gasteiger partial charge in [0, 0.05) is 33.4 Å². The molecule has 0 radical (unpaired) electrons. The molecule has 4 aromatic rings. The molecule has 0 aliphatic carbocycles. The van der Waals surface area contributed by atoms with Crippen LogP contribution in [0.1, 0.15) is 11.1 Å². The number of aliphatic hydroxyl groups is 1. The number of aliphatic hydroxyl groups excluding tert-OH is 1. The van der Waals surface area contributed by atoms with Crippen molar-refractivity contribution >= 4 is 22.6 Å². The van der Waals surface area contributed by atoms with Gasteiger partial charge in [0.1, 0.15) is 11.1 Å². The van der Waals surface area contributed by atoms with Crippen LogP contribution in [0.3, 0.4) is 0 Å². The SMILES string of the molecule is N#Cc1c(-c2ccccc2)cc(-c2ccccc2)nc1SC[C@@H](O)C[S@](=O)Cc1ccccc1.